The maximum absolute atomic E-state index is 12.7. The number of nitrogen functional groups attached to an aromatic ring is 1. The number of nitrogens with zero attached hydrogens (tertiary/aromatic N) is 3. The normalized spacial score (nSPS) is 11.5. The molecule has 0 atom stereocenters. The molecule has 0 saturated carbocycles. The lowest BCUT2D eigenvalue weighted by molar-refractivity contribution is -0.144. The Morgan fingerprint density at radius 2 is 1.81 bits per heavy atom. The summed E-state index contributed by atoms with van der Waals surface area (Å²) >= 11 is 3.32. The van der Waals surface area contributed by atoms with Crippen LogP contribution in [0.5, 0.6) is 0 Å². The number of alkyl halides is 3. The Bertz CT molecular complexity index is 628. The molecule has 112 valence electrons. The van der Waals surface area contributed by atoms with Gasteiger partial charge in [0.2, 0.25) is 5.82 Å². The standard InChI is InChI=1S/C13H12BrF3N4/c1-21(7-8-2-4-9(14)5-3-8)11-6-10(18)19-12(20-11)13(15,16)17/h2-6H,7H2,1H3,(H2,18,19,20). The van der Waals surface area contributed by atoms with Crippen LogP contribution >= 0.6 is 15.9 Å². The molecular weight excluding hydrogens is 349 g/mol. The fourth-order valence-electron chi connectivity index (χ4n) is 1.72. The lowest BCUT2D eigenvalue weighted by atomic mass is 10.2. The van der Waals surface area contributed by atoms with Crippen molar-refractivity contribution >= 4 is 27.6 Å². The first kappa shape index (κ1) is 15.6. The van der Waals surface area contributed by atoms with Gasteiger partial charge in [0, 0.05) is 24.1 Å². The number of hydrogen-bond acceptors (Lipinski definition) is 4. The van der Waals surface area contributed by atoms with Crippen LogP contribution in [-0.4, -0.2) is 17.0 Å². The zero-order valence-electron chi connectivity index (χ0n) is 11.0. The monoisotopic (exact) mass is 360 g/mol. The SMILES string of the molecule is CN(Cc1ccc(Br)cc1)c1cc(N)nc(C(F)(F)F)n1. The maximum atomic E-state index is 12.7. The summed E-state index contributed by atoms with van der Waals surface area (Å²) in [6.07, 6.45) is -4.62. The van der Waals surface area contributed by atoms with E-state index in [2.05, 4.69) is 25.9 Å². The number of aromatic nitrogens is 2. The highest BCUT2D eigenvalue weighted by Crippen LogP contribution is 2.28. The molecule has 1 aromatic carbocycles. The average Bonchev–Trinajstić information content (AvgIpc) is 2.39. The Kier molecular flexibility index (Phi) is 4.36. The van der Waals surface area contributed by atoms with Crippen molar-refractivity contribution in [3.05, 3.63) is 46.2 Å². The van der Waals surface area contributed by atoms with E-state index in [4.69, 9.17) is 5.73 Å². The minimum absolute atomic E-state index is 0.123. The summed E-state index contributed by atoms with van der Waals surface area (Å²) in [5.41, 5.74) is 6.36. The summed E-state index contributed by atoms with van der Waals surface area (Å²) in [7, 11) is 1.64. The first-order valence-corrected chi connectivity index (χ1v) is 6.72. The van der Waals surface area contributed by atoms with Gasteiger partial charge in [-0.2, -0.15) is 13.2 Å². The summed E-state index contributed by atoms with van der Waals surface area (Å²) in [4.78, 5) is 8.31. The van der Waals surface area contributed by atoms with Crippen molar-refractivity contribution in [1.82, 2.24) is 9.97 Å². The van der Waals surface area contributed by atoms with Gasteiger partial charge in [-0.05, 0) is 17.7 Å². The van der Waals surface area contributed by atoms with Crippen LogP contribution in [0.15, 0.2) is 34.8 Å². The van der Waals surface area contributed by atoms with Crippen molar-refractivity contribution in [1.29, 1.82) is 0 Å². The Morgan fingerprint density at radius 1 is 1.19 bits per heavy atom. The van der Waals surface area contributed by atoms with Crippen LogP contribution in [-0.2, 0) is 12.7 Å². The summed E-state index contributed by atoms with van der Waals surface area (Å²) < 4.78 is 39.0. The van der Waals surface area contributed by atoms with E-state index in [0.29, 0.717) is 6.54 Å². The minimum Gasteiger partial charge on any atom is -0.384 e. The molecule has 0 aliphatic carbocycles. The Balaban J connectivity index is 2.24. The Labute approximate surface area is 127 Å². The molecule has 0 saturated heterocycles. The number of rotatable bonds is 3. The largest absolute Gasteiger partial charge is 0.451 e. The summed E-state index contributed by atoms with van der Waals surface area (Å²) in [5, 5.41) is 0. The van der Waals surface area contributed by atoms with E-state index in [9.17, 15) is 13.2 Å². The van der Waals surface area contributed by atoms with Crippen molar-refractivity contribution in [2.24, 2.45) is 0 Å². The second-order valence-corrected chi connectivity index (χ2v) is 5.37. The van der Waals surface area contributed by atoms with E-state index in [0.717, 1.165) is 10.0 Å². The van der Waals surface area contributed by atoms with E-state index in [1.54, 1.807) is 11.9 Å². The number of halogens is 4. The molecule has 2 rings (SSSR count). The molecule has 0 spiro atoms. The molecule has 0 fully saturated rings. The molecule has 0 radical (unpaired) electrons. The highest BCUT2D eigenvalue weighted by molar-refractivity contribution is 9.10. The van der Waals surface area contributed by atoms with Crippen LogP contribution in [0.4, 0.5) is 24.8 Å². The molecule has 4 nitrogen and oxygen atoms in total. The number of benzene rings is 1. The van der Waals surface area contributed by atoms with Gasteiger partial charge >= 0.3 is 6.18 Å². The van der Waals surface area contributed by atoms with Crippen molar-refractivity contribution in [3.63, 3.8) is 0 Å². The molecule has 2 aromatic rings. The predicted octanol–water partition coefficient (Wildman–Crippen LogP) is 3.48. The van der Waals surface area contributed by atoms with Gasteiger partial charge in [0.1, 0.15) is 11.6 Å². The summed E-state index contributed by atoms with van der Waals surface area (Å²) in [6.45, 7) is 0.404. The van der Waals surface area contributed by atoms with Crippen molar-refractivity contribution < 1.29 is 13.2 Å². The van der Waals surface area contributed by atoms with Gasteiger partial charge in [-0.1, -0.05) is 28.1 Å². The first-order valence-electron chi connectivity index (χ1n) is 5.93. The zero-order chi connectivity index (χ0) is 15.6. The molecule has 0 bridgehead atoms. The third-order valence-corrected chi connectivity index (χ3v) is 3.24. The average molecular weight is 361 g/mol. The fraction of sp³-hybridized carbons (Fsp3) is 0.231. The lowest BCUT2D eigenvalue weighted by Crippen LogP contribution is -2.21. The quantitative estimate of drug-likeness (QED) is 0.910. The second-order valence-electron chi connectivity index (χ2n) is 4.45. The molecule has 0 aliphatic heterocycles. The van der Waals surface area contributed by atoms with Crippen molar-refractivity contribution in [2.75, 3.05) is 17.7 Å². The van der Waals surface area contributed by atoms with Crippen LogP contribution < -0.4 is 10.6 Å². The predicted molar refractivity (Wildman–Crippen MR) is 77.7 cm³/mol. The third-order valence-electron chi connectivity index (χ3n) is 2.71. The zero-order valence-corrected chi connectivity index (χ0v) is 12.6. The van der Waals surface area contributed by atoms with E-state index in [-0.39, 0.29) is 11.6 Å². The molecular formula is C13H12BrF3N4. The van der Waals surface area contributed by atoms with Crippen molar-refractivity contribution in [2.45, 2.75) is 12.7 Å². The van der Waals surface area contributed by atoms with E-state index < -0.39 is 12.0 Å². The highest BCUT2D eigenvalue weighted by atomic mass is 79.9. The second kappa shape index (κ2) is 5.88. The van der Waals surface area contributed by atoms with Crippen LogP contribution in [0.2, 0.25) is 0 Å². The van der Waals surface area contributed by atoms with Gasteiger partial charge in [-0.15, -0.1) is 0 Å². The number of hydrogen-bond donors (Lipinski definition) is 1. The lowest BCUT2D eigenvalue weighted by Gasteiger charge is -2.19. The molecule has 0 unspecified atom stereocenters. The summed E-state index contributed by atoms with van der Waals surface area (Å²) in [6, 6.07) is 8.77. The molecule has 2 N–H and O–H groups in total. The number of anilines is 2. The van der Waals surface area contributed by atoms with Gasteiger partial charge in [0.25, 0.3) is 0 Å². The van der Waals surface area contributed by atoms with Gasteiger partial charge in [0.15, 0.2) is 0 Å². The Hall–Kier alpha value is -1.83. The summed E-state index contributed by atoms with van der Waals surface area (Å²) in [5.74, 6) is -1.33. The number of nitrogens with two attached hydrogens (primary N) is 1. The molecule has 21 heavy (non-hydrogen) atoms. The smallest absolute Gasteiger partial charge is 0.384 e. The van der Waals surface area contributed by atoms with Gasteiger partial charge in [0.05, 0.1) is 0 Å². The van der Waals surface area contributed by atoms with Gasteiger partial charge in [-0.3, -0.25) is 0 Å². The Morgan fingerprint density at radius 3 is 2.38 bits per heavy atom. The minimum atomic E-state index is -4.62. The topological polar surface area (TPSA) is 55.0 Å². The van der Waals surface area contributed by atoms with Gasteiger partial charge in [-0.25, -0.2) is 9.97 Å². The maximum Gasteiger partial charge on any atom is 0.451 e. The molecule has 0 aliphatic rings. The van der Waals surface area contributed by atoms with E-state index in [1.165, 1.54) is 6.07 Å². The first-order chi connectivity index (χ1) is 9.75. The van der Waals surface area contributed by atoms with Gasteiger partial charge < -0.3 is 10.6 Å². The molecule has 0 amide bonds. The molecule has 8 heteroatoms. The van der Waals surface area contributed by atoms with Crippen LogP contribution in [0, 0.1) is 0 Å². The fourth-order valence-corrected chi connectivity index (χ4v) is 1.98. The van der Waals surface area contributed by atoms with E-state index in [1.807, 2.05) is 24.3 Å². The van der Waals surface area contributed by atoms with Crippen LogP contribution in [0.1, 0.15) is 11.4 Å². The van der Waals surface area contributed by atoms with Crippen LogP contribution in [0.25, 0.3) is 0 Å². The highest BCUT2D eigenvalue weighted by Gasteiger charge is 2.35. The molecule has 1 heterocycles. The van der Waals surface area contributed by atoms with Crippen LogP contribution in [0.3, 0.4) is 0 Å². The third kappa shape index (κ3) is 4.07. The van der Waals surface area contributed by atoms with Crippen molar-refractivity contribution in [3.8, 4) is 0 Å². The van der Waals surface area contributed by atoms with E-state index >= 15 is 0 Å². The molecule has 1 aromatic heterocycles.